The van der Waals surface area contributed by atoms with Gasteiger partial charge in [0.25, 0.3) is 0 Å². The van der Waals surface area contributed by atoms with Crippen molar-refractivity contribution in [3.63, 3.8) is 0 Å². The molecule has 2 nitrogen and oxygen atoms in total. The van der Waals surface area contributed by atoms with Crippen LogP contribution in [0, 0.1) is 23.2 Å². The van der Waals surface area contributed by atoms with Gasteiger partial charge in [0.05, 0.1) is 6.07 Å². The summed E-state index contributed by atoms with van der Waals surface area (Å²) in [5.74, 6) is 1.10. The quantitative estimate of drug-likeness (QED) is 0.730. The van der Waals surface area contributed by atoms with Crippen LogP contribution in [0.25, 0.3) is 0 Å². The third-order valence-electron chi connectivity index (χ3n) is 2.29. The van der Waals surface area contributed by atoms with Crippen molar-refractivity contribution in [2.75, 3.05) is 0 Å². The maximum absolute atomic E-state index is 9.41. The van der Waals surface area contributed by atoms with Gasteiger partial charge in [-0.25, -0.2) is 0 Å². The molecule has 0 atom stereocenters. The van der Waals surface area contributed by atoms with Crippen LogP contribution < -0.4 is 5.32 Å². The number of nitrogens with zero attached hydrogens (tertiary/aromatic N) is 1. The zero-order valence-electron chi connectivity index (χ0n) is 11.1. The number of hydrogen-bond donors (Lipinski definition) is 1. The van der Waals surface area contributed by atoms with Crippen molar-refractivity contribution in [2.24, 2.45) is 11.8 Å². The average molecular weight is 210 g/mol. The van der Waals surface area contributed by atoms with E-state index in [2.05, 4.69) is 52.9 Å². The van der Waals surface area contributed by atoms with E-state index in [1.165, 1.54) is 0 Å². The van der Waals surface area contributed by atoms with Crippen LogP contribution >= 0.6 is 0 Å². The Balaban J connectivity index is 4.69. The molecule has 0 aliphatic rings. The molecule has 0 aromatic carbocycles. The molecule has 0 spiro atoms. The van der Waals surface area contributed by atoms with Gasteiger partial charge in [-0.05, 0) is 38.5 Å². The predicted molar refractivity (Wildman–Crippen MR) is 65.5 cm³/mol. The fourth-order valence-corrected chi connectivity index (χ4v) is 2.27. The van der Waals surface area contributed by atoms with Crippen molar-refractivity contribution in [3.05, 3.63) is 0 Å². The second-order valence-corrected chi connectivity index (χ2v) is 5.69. The highest BCUT2D eigenvalue weighted by Gasteiger charge is 2.32. The minimum absolute atomic E-state index is 0.337. The summed E-state index contributed by atoms with van der Waals surface area (Å²) < 4.78 is 0. The van der Waals surface area contributed by atoms with E-state index in [0.29, 0.717) is 17.9 Å². The van der Waals surface area contributed by atoms with Gasteiger partial charge in [0.1, 0.15) is 5.54 Å². The molecule has 0 aliphatic carbocycles. The zero-order chi connectivity index (χ0) is 12.1. The van der Waals surface area contributed by atoms with Crippen LogP contribution in [0.4, 0.5) is 0 Å². The fraction of sp³-hybridized carbons (Fsp3) is 0.923. The molecule has 0 heterocycles. The Morgan fingerprint density at radius 3 is 1.60 bits per heavy atom. The van der Waals surface area contributed by atoms with E-state index in [1.54, 1.807) is 0 Å². The molecule has 15 heavy (non-hydrogen) atoms. The monoisotopic (exact) mass is 210 g/mol. The molecule has 0 saturated heterocycles. The van der Waals surface area contributed by atoms with E-state index < -0.39 is 0 Å². The number of nitrogens with one attached hydrogen (secondary N) is 1. The summed E-state index contributed by atoms with van der Waals surface area (Å²) in [5, 5.41) is 12.9. The van der Waals surface area contributed by atoms with E-state index in [0.717, 1.165) is 12.8 Å². The SMILES string of the molecule is CC(C)CC(C#N)(CC(C)C)NC(C)C. The second-order valence-electron chi connectivity index (χ2n) is 5.69. The van der Waals surface area contributed by atoms with E-state index in [4.69, 9.17) is 0 Å². The molecular weight excluding hydrogens is 184 g/mol. The molecule has 1 N–H and O–H groups in total. The highest BCUT2D eigenvalue weighted by Crippen LogP contribution is 2.25. The molecule has 0 aromatic rings. The van der Waals surface area contributed by atoms with Crippen molar-refractivity contribution in [1.82, 2.24) is 5.32 Å². The maximum atomic E-state index is 9.41. The lowest BCUT2D eigenvalue weighted by molar-refractivity contribution is 0.269. The molecule has 2 heteroatoms. The fourth-order valence-electron chi connectivity index (χ4n) is 2.27. The summed E-state index contributed by atoms with van der Waals surface area (Å²) in [7, 11) is 0. The van der Waals surface area contributed by atoms with Crippen molar-refractivity contribution < 1.29 is 0 Å². The van der Waals surface area contributed by atoms with Crippen molar-refractivity contribution in [1.29, 1.82) is 5.26 Å². The van der Waals surface area contributed by atoms with E-state index in [9.17, 15) is 5.26 Å². The van der Waals surface area contributed by atoms with Crippen molar-refractivity contribution >= 4 is 0 Å². The van der Waals surface area contributed by atoms with Gasteiger partial charge >= 0.3 is 0 Å². The highest BCUT2D eigenvalue weighted by molar-refractivity contribution is 5.08. The first kappa shape index (κ1) is 14.5. The molecule has 0 amide bonds. The Morgan fingerprint density at radius 1 is 1.00 bits per heavy atom. The van der Waals surface area contributed by atoms with Crippen LogP contribution in [-0.4, -0.2) is 11.6 Å². The van der Waals surface area contributed by atoms with Crippen LogP contribution in [-0.2, 0) is 0 Å². The summed E-state index contributed by atoms with van der Waals surface area (Å²) in [5.41, 5.74) is -0.337. The molecule has 0 aliphatic heterocycles. The second kappa shape index (κ2) is 6.12. The van der Waals surface area contributed by atoms with Gasteiger partial charge in [-0.15, -0.1) is 0 Å². The van der Waals surface area contributed by atoms with Gasteiger partial charge < -0.3 is 0 Å². The third kappa shape index (κ3) is 5.79. The highest BCUT2D eigenvalue weighted by atomic mass is 15.0. The van der Waals surface area contributed by atoms with Gasteiger partial charge in [0.2, 0.25) is 0 Å². The van der Waals surface area contributed by atoms with Crippen LogP contribution in [0.2, 0.25) is 0 Å². The van der Waals surface area contributed by atoms with Crippen molar-refractivity contribution in [2.45, 2.75) is 66.0 Å². The first-order valence-electron chi connectivity index (χ1n) is 6.00. The molecular formula is C13H26N2. The summed E-state index contributed by atoms with van der Waals surface area (Å²) in [6, 6.07) is 2.86. The smallest absolute Gasteiger partial charge is 0.107 e. The molecule has 0 bridgehead atoms. The molecule has 0 fully saturated rings. The summed E-state index contributed by atoms with van der Waals surface area (Å²) in [4.78, 5) is 0. The largest absolute Gasteiger partial charge is 0.297 e. The molecule has 88 valence electrons. The first-order chi connectivity index (χ1) is 6.81. The normalized spacial score (nSPS) is 12.5. The van der Waals surface area contributed by atoms with Gasteiger partial charge in [0.15, 0.2) is 0 Å². The lowest BCUT2D eigenvalue weighted by Gasteiger charge is -2.33. The Labute approximate surface area is 95.1 Å². The minimum atomic E-state index is -0.337. The van der Waals surface area contributed by atoms with Crippen molar-refractivity contribution in [3.8, 4) is 6.07 Å². The number of rotatable bonds is 6. The van der Waals surface area contributed by atoms with Gasteiger partial charge in [-0.1, -0.05) is 27.7 Å². The number of hydrogen-bond acceptors (Lipinski definition) is 2. The lowest BCUT2D eigenvalue weighted by Crippen LogP contribution is -2.49. The Kier molecular flexibility index (Phi) is 5.90. The molecule has 0 saturated carbocycles. The molecule has 0 rings (SSSR count). The Bertz CT molecular complexity index is 185. The van der Waals surface area contributed by atoms with Gasteiger partial charge in [0, 0.05) is 6.04 Å². The van der Waals surface area contributed by atoms with Gasteiger partial charge in [-0.3, -0.25) is 5.32 Å². The molecule has 0 aromatic heterocycles. The zero-order valence-corrected chi connectivity index (χ0v) is 11.1. The average Bonchev–Trinajstić information content (AvgIpc) is 1.99. The minimum Gasteiger partial charge on any atom is -0.297 e. The van der Waals surface area contributed by atoms with Crippen LogP contribution in [0.1, 0.15) is 54.4 Å². The Morgan fingerprint density at radius 2 is 1.40 bits per heavy atom. The first-order valence-corrected chi connectivity index (χ1v) is 6.00. The van der Waals surface area contributed by atoms with E-state index >= 15 is 0 Å². The number of nitriles is 1. The van der Waals surface area contributed by atoms with Crippen LogP contribution in [0.5, 0.6) is 0 Å². The van der Waals surface area contributed by atoms with E-state index in [1.807, 2.05) is 0 Å². The summed E-state index contributed by atoms with van der Waals surface area (Å²) in [6.45, 7) is 12.9. The maximum Gasteiger partial charge on any atom is 0.107 e. The molecule has 0 radical (unpaired) electrons. The van der Waals surface area contributed by atoms with Crippen LogP contribution in [0.3, 0.4) is 0 Å². The lowest BCUT2D eigenvalue weighted by atomic mass is 9.82. The third-order valence-corrected chi connectivity index (χ3v) is 2.29. The predicted octanol–water partition coefficient (Wildman–Crippen LogP) is 3.34. The van der Waals surface area contributed by atoms with E-state index in [-0.39, 0.29) is 5.54 Å². The summed E-state index contributed by atoms with van der Waals surface area (Å²) >= 11 is 0. The van der Waals surface area contributed by atoms with Crippen LogP contribution in [0.15, 0.2) is 0 Å². The Hall–Kier alpha value is -0.550. The standard InChI is InChI=1S/C13H26N2/c1-10(2)7-13(9-14,8-11(3)4)15-12(5)6/h10-12,15H,7-8H2,1-6H3. The van der Waals surface area contributed by atoms with Gasteiger partial charge in [-0.2, -0.15) is 5.26 Å². The summed E-state index contributed by atoms with van der Waals surface area (Å²) in [6.07, 6.45) is 1.86. The topological polar surface area (TPSA) is 35.8 Å². The molecule has 0 unspecified atom stereocenters.